The van der Waals surface area contributed by atoms with Gasteiger partial charge >= 0.3 is 5.97 Å². The molecule has 3 rings (SSSR count). The Balaban J connectivity index is 1.95. The Morgan fingerprint density at radius 1 is 1.21 bits per heavy atom. The predicted molar refractivity (Wildman–Crippen MR) is 80.7 cm³/mol. The second-order valence-electron chi connectivity index (χ2n) is 4.72. The van der Waals surface area contributed by atoms with Crippen LogP contribution in [0.25, 0.3) is 11.3 Å². The number of halogens is 1. The lowest BCUT2D eigenvalue weighted by molar-refractivity contribution is 0.0690. The molecule has 0 bridgehead atoms. The molecule has 0 spiro atoms. The van der Waals surface area contributed by atoms with E-state index in [2.05, 4.69) is 20.2 Å². The zero-order valence-corrected chi connectivity index (χ0v) is 12.3. The van der Waals surface area contributed by atoms with Gasteiger partial charge in [-0.15, -0.1) is 0 Å². The third kappa shape index (κ3) is 3.49. The minimum Gasteiger partial charge on any atom is -0.476 e. The van der Waals surface area contributed by atoms with E-state index in [0.29, 0.717) is 11.3 Å². The predicted octanol–water partition coefficient (Wildman–Crippen LogP) is 2.35. The first-order chi connectivity index (χ1) is 11.6. The van der Waals surface area contributed by atoms with E-state index in [-0.39, 0.29) is 23.9 Å². The summed E-state index contributed by atoms with van der Waals surface area (Å²) in [6, 6.07) is 8.88. The summed E-state index contributed by atoms with van der Waals surface area (Å²) in [6.07, 6.45) is 2.64. The molecule has 120 valence electrons. The molecule has 0 aliphatic rings. The van der Waals surface area contributed by atoms with E-state index in [0.717, 1.165) is 6.20 Å². The van der Waals surface area contributed by atoms with Gasteiger partial charge in [-0.05, 0) is 36.4 Å². The quantitative estimate of drug-likeness (QED) is 0.768. The number of benzene rings is 1. The van der Waals surface area contributed by atoms with Gasteiger partial charge in [0.25, 0.3) is 0 Å². The van der Waals surface area contributed by atoms with Crippen LogP contribution in [-0.2, 0) is 6.61 Å². The van der Waals surface area contributed by atoms with Gasteiger partial charge in [0.05, 0.1) is 6.20 Å². The highest BCUT2D eigenvalue weighted by Gasteiger charge is 2.15. The highest BCUT2D eigenvalue weighted by Crippen LogP contribution is 2.27. The number of aromatic carboxylic acids is 1. The summed E-state index contributed by atoms with van der Waals surface area (Å²) in [5, 5.41) is 16.7. The van der Waals surface area contributed by atoms with Crippen LogP contribution in [-0.4, -0.2) is 31.2 Å². The first-order valence-corrected chi connectivity index (χ1v) is 6.89. The van der Waals surface area contributed by atoms with Crippen molar-refractivity contribution in [2.45, 2.75) is 6.61 Å². The topological polar surface area (TPSA) is 98.1 Å². The van der Waals surface area contributed by atoms with Gasteiger partial charge < -0.3 is 9.84 Å². The molecule has 24 heavy (non-hydrogen) atoms. The molecule has 0 fully saturated rings. The van der Waals surface area contributed by atoms with Gasteiger partial charge in [0.1, 0.15) is 23.8 Å². The number of ether oxygens (including phenoxy) is 1. The summed E-state index contributed by atoms with van der Waals surface area (Å²) in [5.41, 5.74) is 1.03. The largest absolute Gasteiger partial charge is 0.476 e. The Kier molecular flexibility index (Phi) is 4.37. The molecule has 7 nitrogen and oxygen atoms in total. The molecule has 8 heteroatoms. The SMILES string of the molecule is O=C(O)c1cnc(OCc2cccnn2)c(-c2ccc(F)cc2)n1. The van der Waals surface area contributed by atoms with Gasteiger partial charge in [0, 0.05) is 11.8 Å². The molecule has 1 aromatic carbocycles. The maximum absolute atomic E-state index is 13.1. The van der Waals surface area contributed by atoms with Crippen LogP contribution in [0.1, 0.15) is 16.2 Å². The zero-order chi connectivity index (χ0) is 16.9. The Labute approximate surface area is 135 Å². The van der Waals surface area contributed by atoms with Crippen LogP contribution >= 0.6 is 0 Å². The van der Waals surface area contributed by atoms with Crippen molar-refractivity contribution < 1.29 is 19.0 Å². The molecule has 2 heterocycles. The minimum atomic E-state index is -1.22. The maximum atomic E-state index is 13.1. The number of hydrogen-bond acceptors (Lipinski definition) is 6. The fraction of sp³-hybridized carbons (Fsp3) is 0.0625. The zero-order valence-electron chi connectivity index (χ0n) is 12.3. The van der Waals surface area contributed by atoms with Crippen LogP contribution in [0.3, 0.4) is 0 Å². The number of carboxylic acid groups (broad SMARTS) is 1. The number of carbonyl (C=O) groups is 1. The third-order valence-electron chi connectivity index (χ3n) is 3.06. The maximum Gasteiger partial charge on any atom is 0.356 e. The molecule has 0 aliphatic heterocycles. The van der Waals surface area contributed by atoms with E-state index in [1.165, 1.54) is 30.5 Å². The van der Waals surface area contributed by atoms with Crippen LogP contribution < -0.4 is 4.74 Å². The smallest absolute Gasteiger partial charge is 0.356 e. The molecule has 0 aliphatic carbocycles. The monoisotopic (exact) mass is 326 g/mol. The summed E-state index contributed by atoms with van der Waals surface area (Å²) in [6.45, 7) is 0.0864. The molecule has 0 saturated heterocycles. The summed E-state index contributed by atoms with van der Waals surface area (Å²) >= 11 is 0. The average Bonchev–Trinajstić information content (AvgIpc) is 2.61. The van der Waals surface area contributed by atoms with Crippen molar-refractivity contribution in [2.75, 3.05) is 0 Å². The van der Waals surface area contributed by atoms with Crippen LogP contribution in [0.4, 0.5) is 4.39 Å². The van der Waals surface area contributed by atoms with Crippen LogP contribution in [0.5, 0.6) is 5.88 Å². The van der Waals surface area contributed by atoms with E-state index in [9.17, 15) is 9.18 Å². The molecule has 3 aromatic rings. The molecule has 0 unspecified atom stereocenters. The Hall–Kier alpha value is -3.42. The molecule has 0 atom stereocenters. The highest BCUT2D eigenvalue weighted by molar-refractivity contribution is 5.86. The second kappa shape index (κ2) is 6.78. The lowest BCUT2D eigenvalue weighted by Crippen LogP contribution is -2.07. The van der Waals surface area contributed by atoms with Gasteiger partial charge in [0.15, 0.2) is 5.69 Å². The highest BCUT2D eigenvalue weighted by atomic mass is 19.1. The van der Waals surface area contributed by atoms with Crippen molar-refractivity contribution in [1.29, 1.82) is 0 Å². The van der Waals surface area contributed by atoms with Crippen LogP contribution in [0.2, 0.25) is 0 Å². The van der Waals surface area contributed by atoms with Crippen LogP contribution in [0, 0.1) is 5.82 Å². The number of hydrogen-bond donors (Lipinski definition) is 1. The van der Waals surface area contributed by atoms with E-state index in [4.69, 9.17) is 9.84 Å². The summed E-state index contributed by atoms with van der Waals surface area (Å²) < 4.78 is 18.7. The van der Waals surface area contributed by atoms with Crippen LogP contribution in [0.15, 0.2) is 48.8 Å². The summed E-state index contributed by atoms with van der Waals surface area (Å²) in [7, 11) is 0. The Morgan fingerprint density at radius 2 is 2.00 bits per heavy atom. The number of carboxylic acids is 1. The van der Waals surface area contributed by atoms with E-state index >= 15 is 0 Å². The normalized spacial score (nSPS) is 10.4. The fourth-order valence-corrected chi connectivity index (χ4v) is 1.94. The fourth-order valence-electron chi connectivity index (χ4n) is 1.94. The number of aromatic nitrogens is 4. The lowest BCUT2D eigenvalue weighted by Gasteiger charge is -2.10. The van der Waals surface area contributed by atoms with Crippen molar-refractivity contribution in [3.63, 3.8) is 0 Å². The standard InChI is InChI=1S/C16H11FN4O3/c17-11-5-3-10(4-6-11)14-15(18-8-13(20-14)16(22)23)24-9-12-2-1-7-19-21-12/h1-8H,9H2,(H,22,23). The van der Waals surface area contributed by atoms with E-state index in [1.54, 1.807) is 12.1 Å². The second-order valence-corrected chi connectivity index (χ2v) is 4.72. The van der Waals surface area contributed by atoms with Gasteiger partial charge in [-0.1, -0.05) is 0 Å². The molecule has 1 N–H and O–H groups in total. The summed E-state index contributed by atoms with van der Waals surface area (Å²) in [4.78, 5) is 19.2. The molecular formula is C16H11FN4O3. The molecular weight excluding hydrogens is 315 g/mol. The molecule has 0 radical (unpaired) electrons. The van der Waals surface area contributed by atoms with Gasteiger partial charge in [-0.3, -0.25) is 0 Å². The molecule has 0 saturated carbocycles. The van der Waals surface area contributed by atoms with E-state index < -0.39 is 11.8 Å². The van der Waals surface area contributed by atoms with Crippen molar-refractivity contribution in [2.24, 2.45) is 0 Å². The van der Waals surface area contributed by atoms with Crippen molar-refractivity contribution in [1.82, 2.24) is 20.2 Å². The van der Waals surface area contributed by atoms with Gasteiger partial charge in [-0.25, -0.2) is 19.2 Å². The number of rotatable bonds is 5. The lowest BCUT2D eigenvalue weighted by atomic mass is 10.1. The Morgan fingerprint density at radius 3 is 2.67 bits per heavy atom. The minimum absolute atomic E-state index is 0.0864. The van der Waals surface area contributed by atoms with Gasteiger partial charge in [-0.2, -0.15) is 10.2 Å². The van der Waals surface area contributed by atoms with Gasteiger partial charge in [0.2, 0.25) is 5.88 Å². The van der Waals surface area contributed by atoms with Crippen molar-refractivity contribution in [3.05, 3.63) is 66.0 Å². The molecule has 2 aromatic heterocycles. The van der Waals surface area contributed by atoms with E-state index in [1.807, 2.05) is 0 Å². The number of nitrogens with zero attached hydrogens (tertiary/aromatic N) is 4. The Bertz CT molecular complexity index is 857. The van der Waals surface area contributed by atoms with Crippen molar-refractivity contribution in [3.8, 4) is 17.1 Å². The third-order valence-corrected chi connectivity index (χ3v) is 3.06. The first kappa shape index (κ1) is 15.5. The average molecular weight is 326 g/mol. The van der Waals surface area contributed by atoms with Crippen molar-refractivity contribution >= 4 is 5.97 Å². The molecule has 0 amide bonds. The first-order valence-electron chi connectivity index (χ1n) is 6.89. The summed E-state index contributed by atoms with van der Waals surface area (Å²) in [5.74, 6) is -1.51.